The molecule has 0 radical (unpaired) electrons. The van der Waals surface area contributed by atoms with Gasteiger partial charge in [-0.25, -0.2) is 4.79 Å². The molecule has 4 heteroatoms. The molecule has 0 saturated carbocycles. The molecule has 4 nitrogen and oxygen atoms in total. The molecule has 1 amide bonds. The Morgan fingerprint density at radius 3 is 2.38 bits per heavy atom. The van der Waals surface area contributed by atoms with E-state index in [1.165, 1.54) is 4.90 Å². The summed E-state index contributed by atoms with van der Waals surface area (Å²) in [5.41, 5.74) is 1.55. The fraction of sp³-hybridized carbons (Fsp3) is 0.150. The molecule has 0 bridgehead atoms. The average Bonchev–Trinajstić information content (AvgIpc) is 2.63. The highest BCUT2D eigenvalue weighted by atomic mass is 16.6. The molecule has 0 unspecified atom stereocenters. The summed E-state index contributed by atoms with van der Waals surface area (Å²) in [4.78, 5) is 14.2. The summed E-state index contributed by atoms with van der Waals surface area (Å²) in [6.45, 7) is 3.70. The smallest absolute Gasteiger partial charge is 0.410 e. The summed E-state index contributed by atoms with van der Waals surface area (Å²) < 4.78 is 5.46. The SMILES string of the molecule is C=CC1=CN(C(=O)Oc2ccccc2)[C@@H](c2ccccc2)C[C@H]1O. The Bertz CT molecular complexity index is 740. The number of hydrogen-bond acceptors (Lipinski definition) is 3. The van der Waals surface area contributed by atoms with Crippen LogP contribution in [-0.2, 0) is 0 Å². The predicted molar refractivity (Wildman–Crippen MR) is 92.4 cm³/mol. The summed E-state index contributed by atoms with van der Waals surface area (Å²) in [6, 6.07) is 18.3. The van der Waals surface area contributed by atoms with Crippen LogP contribution in [0, 0.1) is 0 Å². The predicted octanol–water partition coefficient (Wildman–Crippen LogP) is 4.06. The topological polar surface area (TPSA) is 49.8 Å². The Balaban J connectivity index is 1.91. The van der Waals surface area contributed by atoms with Crippen molar-refractivity contribution in [2.75, 3.05) is 0 Å². The number of aliphatic hydroxyl groups excluding tert-OH is 1. The first-order valence-electron chi connectivity index (χ1n) is 7.81. The van der Waals surface area contributed by atoms with Crippen molar-refractivity contribution in [3.05, 3.63) is 90.7 Å². The largest absolute Gasteiger partial charge is 0.419 e. The van der Waals surface area contributed by atoms with Gasteiger partial charge >= 0.3 is 6.09 Å². The van der Waals surface area contributed by atoms with Gasteiger partial charge in [0.25, 0.3) is 0 Å². The van der Waals surface area contributed by atoms with Crippen LogP contribution in [0.4, 0.5) is 4.79 Å². The molecule has 122 valence electrons. The van der Waals surface area contributed by atoms with E-state index in [9.17, 15) is 9.90 Å². The van der Waals surface area contributed by atoms with E-state index in [-0.39, 0.29) is 6.04 Å². The molecule has 0 aliphatic carbocycles. The fourth-order valence-electron chi connectivity index (χ4n) is 2.78. The maximum Gasteiger partial charge on any atom is 0.419 e. The van der Waals surface area contributed by atoms with Gasteiger partial charge in [0, 0.05) is 12.6 Å². The zero-order chi connectivity index (χ0) is 16.9. The Labute approximate surface area is 141 Å². The van der Waals surface area contributed by atoms with Gasteiger partial charge in [0.1, 0.15) is 5.75 Å². The Hall–Kier alpha value is -2.85. The van der Waals surface area contributed by atoms with Crippen molar-refractivity contribution in [2.45, 2.75) is 18.6 Å². The highest BCUT2D eigenvalue weighted by molar-refractivity contribution is 5.73. The molecule has 1 heterocycles. The van der Waals surface area contributed by atoms with Crippen LogP contribution in [0.5, 0.6) is 5.75 Å². The van der Waals surface area contributed by atoms with Crippen molar-refractivity contribution in [1.29, 1.82) is 0 Å². The van der Waals surface area contributed by atoms with Gasteiger partial charge in [-0.3, -0.25) is 4.90 Å². The molecule has 0 spiro atoms. The van der Waals surface area contributed by atoms with Crippen LogP contribution in [-0.4, -0.2) is 22.2 Å². The van der Waals surface area contributed by atoms with Crippen LogP contribution in [0.15, 0.2) is 85.1 Å². The van der Waals surface area contributed by atoms with E-state index in [1.807, 2.05) is 48.5 Å². The molecule has 1 aliphatic heterocycles. The molecule has 24 heavy (non-hydrogen) atoms. The molecular formula is C20H19NO3. The number of aliphatic hydroxyl groups is 1. The van der Waals surface area contributed by atoms with Gasteiger partial charge in [-0.2, -0.15) is 0 Å². The van der Waals surface area contributed by atoms with Gasteiger partial charge in [0.05, 0.1) is 12.1 Å². The number of para-hydroxylation sites is 1. The van der Waals surface area contributed by atoms with E-state index in [0.29, 0.717) is 17.7 Å². The van der Waals surface area contributed by atoms with Gasteiger partial charge in [-0.15, -0.1) is 0 Å². The summed E-state index contributed by atoms with van der Waals surface area (Å²) in [5.74, 6) is 0.481. The van der Waals surface area contributed by atoms with Crippen LogP contribution in [0.25, 0.3) is 0 Å². The summed E-state index contributed by atoms with van der Waals surface area (Å²) >= 11 is 0. The van der Waals surface area contributed by atoms with Crippen molar-refractivity contribution in [1.82, 2.24) is 4.90 Å². The number of rotatable bonds is 3. The van der Waals surface area contributed by atoms with E-state index in [0.717, 1.165) is 5.56 Å². The van der Waals surface area contributed by atoms with Crippen molar-refractivity contribution in [2.24, 2.45) is 0 Å². The minimum Gasteiger partial charge on any atom is -0.410 e. The summed E-state index contributed by atoms with van der Waals surface area (Å²) in [6.07, 6.45) is 2.43. The highest BCUT2D eigenvalue weighted by Gasteiger charge is 2.32. The normalized spacial score (nSPS) is 20.2. The Morgan fingerprint density at radius 2 is 1.75 bits per heavy atom. The zero-order valence-corrected chi connectivity index (χ0v) is 13.2. The van der Waals surface area contributed by atoms with Gasteiger partial charge in [-0.05, 0) is 23.3 Å². The second-order valence-corrected chi connectivity index (χ2v) is 5.60. The maximum atomic E-state index is 12.7. The minimum atomic E-state index is -0.659. The Kier molecular flexibility index (Phi) is 4.77. The van der Waals surface area contributed by atoms with E-state index in [1.54, 1.807) is 24.4 Å². The minimum absolute atomic E-state index is 0.291. The van der Waals surface area contributed by atoms with Crippen molar-refractivity contribution < 1.29 is 14.6 Å². The third-order valence-electron chi connectivity index (χ3n) is 4.03. The van der Waals surface area contributed by atoms with Gasteiger partial charge in [0.15, 0.2) is 0 Å². The molecular weight excluding hydrogens is 302 g/mol. The second-order valence-electron chi connectivity index (χ2n) is 5.60. The van der Waals surface area contributed by atoms with E-state index in [4.69, 9.17) is 4.74 Å². The van der Waals surface area contributed by atoms with Crippen LogP contribution in [0.2, 0.25) is 0 Å². The van der Waals surface area contributed by atoms with Crippen LogP contribution >= 0.6 is 0 Å². The van der Waals surface area contributed by atoms with Gasteiger partial charge in [-0.1, -0.05) is 61.2 Å². The number of carbonyl (C=O) groups excluding carboxylic acids is 1. The van der Waals surface area contributed by atoms with E-state index < -0.39 is 12.2 Å². The molecule has 0 aromatic heterocycles. The second kappa shape index (κ2) is 7.15. The number of ether oxygens (including phenoxy) is 1. The lowest BCUT2D eigenvalue weighted by atomic mass is 9.92. The van der Waals surface area contributed by atoms with Crippen LogP contribution in [0.3, 0.4) is 0 Å². The lowest BCUT2D eigenvalue weighted by molar-refractivity contribution is 0.113. The fourth-order valence-corrected chi connectivity index (χ4v) is 2.78. The number of nitrogens with zero attached hydrogens (tertiary/aromatic N) is 1. The molecule has 2 aromatic carbocycles. The average molecular weight is 321 g/mol. The van der Waals surface area contributed by atoms with E-state index in [2.05, 4.69) is 6.58 Å². The highest BCUT2D eigenvalue weighted by Crippen LogP contribution is 2.34. The van der Waals surface area contributed by atoms with Crippen LogP contribution in [0.1, 0.15) is 18.0 Å². The molecule has 0 saturated heterocycles. The first-order chi connectivity index (χ1) is 11.7. The number of amides is 1. The molecule has 2 aromatic rings. The van der Waals surface area contributed by atoms with E-state index >= 15 is 0 Å². The summed E-state index contributed by atoms with van der Waals surface area (Å²) in [5, 5.41) is 10.3. The molecule has 2 atom stereocenters. The quantitative estimate of drug-likeness (QED) is 0.927. The third-order valence-corrected chi connectivity index (χ3v) is 4.03. The Morgan fingerprint density at radius 1 is 1.12 bits per heavy atom. The lowest BCUT2D eigenvalue weighted by Gasteiger charge is -2.35. The van der Waals surface area contributed by atoms with Crippen molar-refractivity contribution in [3.8, 4) is 5.75 Å². The molecule has 3 rings (SSSR count). The standard InChI is InChI=1S/C20H19NO3/c1-2-15-14-21(20(23)24-17-11-7-4-8-12-17)18(13-19(15)22)16-9-5-3-6-10-16/h2-12,14,18-19,22H,1,13H2/t18-,19-/m1/s1. The number of benzene rings is 2. The number of hydrogen-bond donors (Lipinski definition) is 1. The molecule has 0 fully saturated rings. The lowest BCUT2D eigenvalue weighted by Crippen LogP contribution is -2.38. The molecule has 1 aliphatic rings. The van der Waals surface area contributed by atoms with Crippen LogP contribution < -0.4 is 4.74 Å². The number of carbonyl (C=O) groups is 1. The first kappa shape index (κ1) is 16.0. The maximum absolute atomic E-state index is 12.7. The zero-order valence-electron chi connectivity index (χ0n) is 13.2. The van der Waals surface area contributed by atoms with Crippen molar-refractivity contribution in [3.63, 3.8) is 0 Å². The van der Waals surface area contributed by atoms with Gasteiger partial charge < -0.3 is 9.84 Å². The van der Waals surface area contributed by atoms with Crippen molar-refractivity contribution >= 4 is 6.09 Å². The monoisotopic (exact) mass is 321 g/mol. The first-order valence-corrected chi connectivity index (χ1v) is 7.81. The van der Waals surface area contributed by atoms with Gasteiger partial charge in [0.2, 0.25) is 0 Å². The third kappa shape index (κ3) is 3.39. The summed E-state index contributed by atoms with van der Waals surface area (Å²) in [7, 11) is 0. The molecule has 1 N–H and O–H groups in total.